The second-order valence-corrected chi connectivity index (χ2v) is 12.4. The van der Waals surface area contributed by atoms with Crippen LogP contribution in [-0.4, -0.2) is 30.1 Å². The third-order valence-corrected chi connectivity index (χ3v) is 8.88. The molecular weight excluding hydrogens is 354 g/mol. The van der Waals surface area contributed by atoms with Gasteiger partial charge in [0.05, 0.1) is 5.25 Å². The van der Waals surface area contributed by atoms with Crippen LogP contribution in [-0.2, 0) is 10.0 Å². The van der Waals surface area contributed by atoms with Gasteiger partial charge in [0.25, 0.3) is 0 Å². The van der Waals surface area contributed by atoms with Crippen molar-refractivity contribution in [3.63, 3.8) is 0 Å². The number of nitrogens with zero attached hydrogens (tertiary/aromatic N) is 1. The maximum atomic E-state index is 13.3. The van der Waals surface area contributed by atoms with Crippen LogP contribution in [0.15, 0.2) is 0 Å². The molecule has 27 heavy (non-hydrogen) atoms. The molecule has 2 unspecified atom stereocenters. The molecule has 0 amide bonds. The van der Waals surface area contributed by atoms with E-state index in [1.807, 2.05) is 4.31 Å². The van der Waals surface area contributed by atoms with Crippen molar-refractivity contribution in [2.75, 3.05) is 6.54 Å². The Hall–Kier alpha value is -0.0900. The van der Waals surface area contributed by atoms with E-state index in [-0.39, 0.29) is 10.8 Å². The van der Waals surface area contributed by atoms with E-state index < -0.39 is 10.0 Å². The number of unbranched alkanes of at least 4 members (excludes halogenated alkanes) is 5. The Labute approximate surface area is 170 Å². The second kappa shape index (κ2) is 11.2. The molecule has 1 saturated heterocycles. The minimum atomic E-state index is -3.14. The molecule has 1 aliphatic heterocycles. The predicted molar refractivity (Wildman–Crippen MR) is 119 cm³/mol. The first kappa shape index (κ1) is 24.9. The Morgan fingerprint density at radius 3 is 2.00 bits per heavy atom. The summed E-state index contributed by atoms with van der Waals surface area (Å²) in [5.74, 6) is 0. The number of hydrogen-bond donors (Lipinski definition) is 0. The Balaban J connectivity index is 2.71. The first-order valence-corrected chi connectivity index (χ1v) is 13.1. The SMILES string of the molecule is CCCCCCC(C)(CCCC)N1CCC(CCCCC(C)(C)C)S1(=O)=O. The highest BCUT2D eigenvalue weighted by Gasteiger charge is 2.46. The molecule has 1 heterocycles. The van der Waals surface area contributed by atoms with E-state index >= 15 is 0 Å². The third-order valence-electron chi connectivity index (χ3n) is 6.33. The van der Waals surface area contributed by atoms with Crippen molar-refractivity contribution in [1.29, 1.82) is 0 Å². The summed E-state index contributed by atoms with van der Waals surface area (Å²) >= 11 is 0. The average molecular weight is 402 g/mol. The molecule has 1 aliphatic rings. The number of hydrogen-bond acceptors (Lipinski definition) is 2. The molecular formula is C23H47NO2S. The van der Waals surface area contributed by atoms with Gasteiger partial charge in [0.1, 0.15) is 0 Å². The molecule has 0 N–H and O–H groups in total. The van der Waals surface area contributed by atoms with Gasteiger partial charge in [0.2, 0.25) is 10.0 Å². The highest BCUT2D eigenvalue weighted by atomic mass is 32.2. The van der Waals surface area contributed by atoms with E-state index in [1.165, 1.54) is 25.7 Å². The van der Waals surface area contributed by atoms with Gasteiger partial charge in [-0.2, -0.15) is 4.31 Å². The Bertz CT molecular complexity index is 509. The van der Waals surface area contributed by atoms with Crippen LogP contribution in [0.3, 0.4) is 0 Å². The first-order valence-electron chi connectivity index (χ1n) is 11.6. The van der Waals surface area contributed by atoms with E-state index in [0.29, 0.717) is 5.41 Å². The van der Waals surface area contributed by atoms with Crippen LogP contribution < -0.4 is 0 Å². The molecule has 0 aromatic heterocycles. The fraction of sp³-hybridized carbons (Fsp3) is 1.00. The molecule has 0 radical (unpaired) electrons. The Morgan fingerprint density at radius 1 is 0.815 bits per heavy atom. The summed E-state index contributed by atoms with van der Waals surface area (Å²) in [6.45, 7) is 14.2. The quantitative estimate of drug-likeness (QED) is 0.314. The zero-order valence-corrected chi connectivity index (χ0v) is 20.0. The first-order chi connectivity index (χ1) is 12.6. The van der Waals surface area contributed by atoms with E-state index in [0.717, 1.165) is 64.3 Å². The largest absolute Gasteiger partial charge is 0.217 e. The van der Waals surface area contributed by atoms with Crippen LogP contribution in [0.4, 0.5) is 0 Å². The van der Waals surface area contributed by atoms with Crippen LogP contribution in [0.1, 0.15) is 125 Å². The molecule has 162 valence electrons. The minimum Gasteiger partial charge on any atom is -0.212 e. The molecule has 0 saturated carbocycles. The van der Waals surface area contributed by atoms with Gasteiger partial charge in [-0.3, -0.25) is 0 Å². The van der Waals surface area contributed by atoms with E-state index in [1.54, 1.807) is 0 Å². The van der Waals surface area contributed by atoms with Gasteiger partial charge in [-0.1, -0.05) is 86.0 Å². The van der Waals surface area contributed by atoms with Gasteiger partial charge < -0.3 is 0 Å². The lowest BCUT2D eigenvalue weighted by Gasteiger charge is -2.38. The summed E-state index contributed by atoms with van der Waals surface area (Å²) in [5.41, 5.74) is 0.167. The monoisotopic (exact) mass is 401 g/mol. The normalized spacial score (nSPS) is 22.8. The van der Waals surface area contributed by atoms with Gasteiger partial charge in [0, 0.05) is 12.1 Å². The molecule has 1 rings (SSSR count). The molecule has 0 bridgehead atoms. The Kier molecular flexibility index (Phi) is 10.3. The lowest BCUT2D eigenvalue weighted by molar-refractivity contribution is 0.180. The molecule has 1 fully saturated rings. The molecule has 0 aromatic carbocycles. The van der Waals surface area contributed by atoms with Gasteiger partial charge in [-0.25, -0.2) is 8.42 Å². The highest BCUT2D eigenvalue weighted by Crippen LogP contribution is 2.38. The summed E-state index contributed by atoms with van der Waals surface area (Å²) in [5, 5.41) is -0.144. The number of rotatable bonds is 13. The summed E-state index contributed by atoms with van der Waals surface area (Å²) < 4.78 is 28.5. The molecule has 0 aliphatic carbocycles. The maximum Gasteiger partial charge on any atom is 0.217 e. The van der Waals surface area contributed by atoms with Crippen LogP contribution in [0.25, 0.3) is 0 Å². The lowest BCUT2D eigenvalue weighted by Crippen LogP contribution is -2.48. The van der Waals surface area contributed by atoms with Crippen molar-refractivity contribution in [2.24, 2.45) is 5.41 Å². The smallest absolute Gasteiger partial charge is 0.212 e. The summed E-state index contributed by atoms with van der Waals surface area (Å²) in [7, 11) is -3.14. The van der Waals surface area contributed by atoms with Crippen molar-refractivity contribution in [1.82, 2.24) is 4.31 Å². The standard InChI is InChI=1S/C23H47NO2S/c1-7-9-11-13-19-23(6,18-10-8-2)24-20-16-21(27(24,25)26)15-12-14-17-22(3,4)5/h21H,7-20H2,1-6H3. The highest BCUT2D eigenvalue weighted by molar-refractivity contribution is 7.90. The topological polar surface area (TPSA) is 37.4 Å². The third kappa shape index (κ3) is 8.04. The Morgan fingerprint density at radius 2 is 1.41 bits per heavy atom. The van der Waals surface area contributed by atoms with Gasteiger partial charge >= 0.3 is 0 Å². The zero-order valence-electron chi connectivity index (χ0n) is 19.1. The van der Waals surface area contributed by atoms with Crippen LogP contribution in [0.5, 0.6) is 0 Å². The van der Waals surface area contributed by atoms with Crippen molar-refractivity contribution in [3.05, 3.63) is 0 Å². The van der Waals surface area contributed by atoms with Gasteiger partial charge in [-0.05, 0) is 44.4 Å². The van der Waals surface area contributed by atoms with E-state index in [2.05, 4.69) is 41.5 Å². The molecule has 0 aromatic rings. The van der Waals surface area contributed by atoms with Crippen LogP contribution in [0, 0.1) is 5.41 Å². The fourth-order valence-corrected chi connectivity index (χ4v) is 6.86. The van der Waals surface area contributed by atoms with Crippen molar-refractivity contribution < 1.29 is 8.42 Å². The van der Waals surface area contributed by atoms with Crippen LogP contribution >= 0.6 is 0 Å². The summed E-state index contributed by atoms with van der Waals surface area (Å²) in [6, 6.07) is 0. The zero-order chi connectivity index (χ0) is 20.6. The fourth-order valence-electron chi connectivity index (χ4n) is 4.48. The maximum absolute atomic E-state index is 13.3. The molecule has 4 heteroatoms. The summed E-state index contributed by atoms with van der Waals surface area (Å²) in [6.07, 6.45) is 14.2. The van der Waals surface area contributed by atoms with Crippen LogP contribution in [0.2, 0.25) is 0 Å². The molecule has 2 atom stereocenters. The van der Waals surface area contributed by atoms with E-state index in [4.69, 9.17) is 0 Å². The van der Waals surface area contributed by atoms with Crippen molar-refractivity contribution >= 4 is 10.0 Å². The van der Waals surface area contributed by atoms with Crippen molar-refractivity contribution in [3.8, 4) is 0 Å². The van der Waals surface area contributed by atoms with E-state index in [9.17, 15) is 8.42 Å². The van der Waals surface area contributed by atoms with Crippen molar-refractivity contribution in [2.45, 2.75) is 136 Å². The van der Waals surface area contributed by atoms with Gasteiger partial charge in [-0.15, -0.1) is 0 Å². The molecule has 0 spiro atoms. The van der Waals surface area contributed by atoms with Gasteiger partial charge in [0.15, 0.2) is 0 Å². The predicted octanol–water partition coefficient (Wildman–Crippen LogP) is 6.92. The number of sulfonamides is 1. The average Bonchev–Trinajstić information content (AvgIpc) is 2.88. The summed E-state index contributed by atoms with van der Waals surface area (Å²) in [4.78, 5) is 0. The lowest BCUT2D eigenvalue weighted by atomic mass is 9.88. The second-order valence-electron chi connectivity index (χ2n) is 10.2. The molecule has 3 nitrogen and oxygen atoms in total. The minimum absolute atomic E-state index is 0.144.